The molecule has 0 heterocycles. The smallest absolute Gasteiger partial charge is 0.411 e. The molecular weight excluding hydrogens is 414 g/mol. The van der Waals surface area contributed by atoms with Crippen LogP contribution < -0.4 is 11.1 Å². The first-order chi connectivity index (χ1) is 15.7. The van der Waals surface area contributed by atoms with Crippen molar-refractivity contribution in [1.82, 2.24) is 4.90 Å². The van der Waals surface area contributed by atoms with Gasteiger partial charge in [0.15, 0.2) is 0 Å². The van der Waals surface area contributed by atoms with Crippen molar-refractivity contribution in [2.45, 2.75) is 78.1 Å². The Balaban J connectivity index is 1.71. The minimum Gasteiger partial charge on any atom is -0.444 e. The number of rotatable bonds is 7. The van der Waals surface area contributed by atoms with Crippen molar-refractivity contribution >= 4 is 17.7 Å². The van der Waals surface area contributed by atoms with Crippen LogP contribution in [0.3, 0.4) is 0 Å². The zero-order chi connectivity index (χ0) is 23.8. The van der Waals surface area contributed by atoms with Crippen molar-refractivity contribution in [3.63, 3.8) is 0 Å². The highest BCUT2D eigenvalue weighted by Gasteiger charge is 2.30. The predicted octanol–water partition coefficient (Wildman–Crippen LogP) is 5.47. The van der Waals surface area contributed by atoms with Crippen molar-refractivity contribution in [3.8, 4) is 0 Å². The molecule has 33 heavy (non-hydrogen) atoms. The highest BCUT2D eigenvalue weighted by atomic mass is 16.5. The Morgan fingerprint density at radius 3 is 2.30 bits per heavy atom. The van der Waals surface area contributed by atoms with Gasteiger partial charge in [0.1, 0.15) is 6.61 Å². The van der Waals surface area contributed by atoms with Gasteiger partial charge in [-0.2, -0.15) is 0 Å². The second-order valence-corrected chi connectivity index (χ2v) is 10.2. The minimum absolute atomic E-state index is 0.0978. The first-order valence-corrected chi connectivity index (χ1v) is 11.8. The molecule has 0 aromatic heterocycles. The molecule has 6 nitrogen and oxygen atoms in total. The molecule has 6 heteroatoms. The molecule has 2 aromatic rings. The number of ether oxygens (including phenoxy) is 1. The van der Waals surface area contributed by atoms with Crippen LogP contribution in [0.5, 0.6) is 0 Å². The molecule has 0 atom stereocenters. The van der Waals surface area contributed by atoms with E-state index in [0.717, 1.165) is 36.8 Å². The lowest BCUT2D eigenvalue weighted by Gasteiger charge is -2.38. The molecule has 0 unspecified atom stereocenters. The van der Waals surface area contributed by atoms with Crippen LogP contribution in [0, 0.1) is 5.41 Å². The summed E-state index contributed by atoms with van der Waals surface area (Å²) in [6.45, 7) is 6.89. The number of benzene rings is 2. The van der Waals surface area contributed by atoms with Gasteiger partial charge >= 0.3 is 6.09 Å². The summed E-state index contributed by atoms with van der Waals surface area (Å²) in [6.07, 6.45) is 3.63. The Morgan fingerprint density at radius 2 is 1.64 bits per heavy atom. The van der Waals surface area contributed by atoms with Gasteiger partial charge in [-0.05, 0) is 48.3 Å². The van der Waals surface area contributed by atoms with Crippen molar-refractivity contribution < 1.29 is 14.3 Å². The Bertz CT molecular complexity index is 916. The molecule has 2 amide bonds. The highest BCUT2D eigenvalue weighted by molar-refractivity contribution is 5.86. The van der Waals surface area contributed by atoms with Gasteiger partial charge < -0.3 is 15.4 Å². The summed E-state index contributed by atoms with van der Waals surface area (Å²) in [4.78, 5) is 27.8. The van der Waals surface area contributed by atoms with Gasteiger partial charge in [-0.3, -0.25) is 10.1 Å². The van der Waals surface area contributed by atoms with E-state index in [2.05, 4.69) is 26.1 Å². The number of carbonyl (C=O) groups is 2. The molecule has 2 aromatic carbocycles. The molecule has 178 valence electrons. The average Bonchev–Trinajstić information content (AvgIpc) is 2.77. The minimum atomic E-state index is -0.512. The molecule has 3 rings (SSSR count). The number of carbonyl (C=O) groups excluding carboxylic acids is 2. The van der Waals surface area contributed by atoms with E-state index < -0.39 is 6.09 Å². The summed E-state index contributed by atoms with van der Waals surface area (Å²) >= 11 is 0. The van der Waals surface area contributed by atoms with E-state index in [-0.39, 0.29) is 30.0 Å². The van der Waals surface area contributed by atoms with E-state index in [0.29, 0.717) is 18.7 Å². The molecule has 3 N–H and O–H groups in total. The second kappa shape index (κ2) is 11.3. The van der Waals surface area contributed by atoms with Crippen LogP contribution in [-0.4, -0.2) is 29.0 Å². The maximum Gasteiger partial charge on any atom is 0.411 e. The summed E-state index contributed by atoms with van der Waals surface area (Å²) in [5, 5.41) is 2.86. The Labute approximate surface area is 197 Å². The summed E-state index contributed by atoms with van der Waals surface area (Å²) in [5.41, 5.74) is 8.50. The van der Waals surface area contributed by atoms with Gasteiger partial charge in [0.05, 0.1) is 0 Å². The van der Waals surface area contributed by atoms with Crippen molar-refractivity contribution in [3.05, 3.63) is 65.7 Å². The third kappa shape index (κ3) is 7.90. The van der Waals surface area contributed by atoms with Gasteiger partial charge in [0, 0.05) is 30.7 Å². The highest BCUT2D eigenvalue weighted by Crippen LogP contribution is 2.29. The first kappa shape index (κ1) is 24.8. The molecule has 0 aliphatic heterocycles. The molecule has 0 saturated heterocycles. The zero-order valence-electron chi connectivity index (χ0n) is 20.0. The number of hydrogen-bond acceptors (Lipinski definition) is 4. The third-order valence-corrected chi connectivity index (χ3v) is 5.99. The molecule has 1 fully saturated rings. The summed E-state index contributed by atoms with van der Waals surface area (Å²) in [7, 11) is 0. The molecular formula is C27H37N3O3. The normalized spacial score (nSPS) is 18.4. The number of amides is 2. The number of nitrogens with two attached hydrogens (primary N) is 1. The van der Waals surface area contributed by atoms with Crippen LogP contribution in [0.25, 0.3) is 0 Å². The standard InChI is InChI=1S/C27H37N3O3/c1-27(2,3)17-25(31)30(23-15-13-22(28)14-16-23)18-21-11-7-8-12-24(21)29-26(32)33-19-20-9-5-4-6-10-20/h4-12,22-23H,13-19,28H2,1-3H3,(H,29,32). The number of nitrogens with one attached hydrogen (secondary N) is 1. The SMILES string of the molecule is CC(C)(C)CC(=O)N(Cc1ccccc1NC(=O)OCc1ccccc1)C1CCC(N)CC1. The van der Waals surface area contributed by atoms with Crippen LogP contribution in [0.1, 0.15) is 64.0 Å². The quantitative estimate of drug-likeness (QED) is 0.585. The Hall–Kier alpha value is -2.86. The fourth-order valence-corrected chi connectivity index (χ4v) is 4.22. The Morgan fingerprint density at radius 1 is 1.00 bits per heavy atom. The maximum absolute atomic E-state index is 13.3. The van der Waals surface area contributed by atoms with Crippen LogP contribution >= 0.6 is 0 Å². The maximum atomic E-state index is 13.3. The van der Waals surface area contributed by atoms with E-state index in [9.17, 15) is 9.59 Å². The largest absolute Gasteiger partial charge is 0.444 e. The van der Waals surface area contributed by atoms with Crippen molar-refractivity contribution in [1.29, 1.82) is 0 Å². The molecule has 0 bridgehead atoms. The summed E-state index contributed by atoms with van der Waals surface area (Å²) in [6, 6.07) is 17.6. The van der Waals surface area contributed by atoms with Crippen LogP contribution in [0.15, 0.2) is 54.6 Å². The molecule has 0 spiro atoms. The van der Waals surface area contributed by atoms with Crippen molar-refractivity contribution in [2.75, 3.05) is 5.32 Å². The predicted molar refractivity (Wildman–Crippen MR) is 132 cm³/mol. The summed E-state index contributed by atoms with van der Waals surface area (Å²) in [5.74, 6) is 0.143. The topological polar surface area (TPSA) is 84.7 Å². The van der Waals surface area contributed by atoms with Gasteiger partial charge in [-0.25, -0.2) is 4.79 Å². The van der Waals surface area contributed by atoms with Gasteiger partial charge in [-0.1, -0.05) is 69.3 Å². The van der Waals surface area contributed by atoms with Gasteiger partial charge in [0.2, 0.25) is 5.91 Å². The first-order valence-electron chi connectivity index (χ1n) is 11.8. The second-order valence-electron chi connectivity index (χ2n) is 10.2. The fraction of sp³-hybridized carbons (Fsp3) is 0.481. The van der Waals surface area contributed by atoms with Crippen LogP contribution in [-0.2, 0) is 22.7 Å². The lowest BCUT2D eigenvalue weighted by Crippen LogP contribution is -2.44. The number of para-hydroxylation sites is 1. The molecule has 1 aliphatic rings. The third-order valence-electron chi connectivity index (χ3n) is 5.99. The molecule has 1 aliphatic carbocycles. The molecule has 0 radical (unpaired) electrons. The monoisotopic (exact) mass is 451 g/mol. The van der Waals surface area contributed by atoms with Crippen molar-refractivity contribution in [2.24, 2.45) is 11.1 Å². The number of hydrogen-bond donors (Lipinski definition) is 2. The van der Waals surface area contributed by atoms with Gasteiger partial charge in [-0.15, -0.1) is 0 Å². The lowest BCUT2D eigenvalue weighted by molar-refractivity contribution is -0.137. The van der Waals surface area contributed by atoms with E-state index in [4.69, 9.17) is 10.5 Å². The van der Waals surface area contributed by atoms with E-state index in [1.54, 1.807) is 0 Å². The van der Waals surface area contributed by atoms with Crippen LogP contribution in [0.4, 0.5) is 10.5 Å². The number of anilines is 1. The lowest BCUT2D eigenvalue weighted by atomic mass is 9.88. The van der Waals surface area contributed by atoms with E-state index in [1.807, 2.05) is 59.5 Å². The molecule has 1 saturated carbocycles. The summed E-state index contributed by atoms with van der Waals surface area (Å²) < 4.78 is 5.39. The van der Waals surface area contributed by atoms with Crippen LogP contribution in [0.2, 0.25) is 0 Å². The zero-order valence-corrected chi connectivity index (χ0v) is 20.0. The fourth-order valence-electron chi connectivity index (χ4n) is 4.22. The average molecular weight is 452 g/mol. The number of nitrogens with zero attached hydrogens (tertiary/aromatic N) is 1. The Kier molecular flexibility index (Phi) is 8.50. The van der Waals surface area contributed by atoms with Gasteiger partial charge in [0.25, 0.3) is 0 Å². The van der Waals surface area contributed by atoms with E-state index in [1.165, 1.54) is 0 Å². The van der Waals surface area contributed by atoms with E-state index >= 15 is 0 Å².